The van der Waals surface area contributed by atoms with Gasteiger partial charge in [-0.3, -0.25) is 4.79 Å². The van der Waals surface area contributed by atoms with E-state index in [4.69, 9.17) is 0 Å². The van der Waals surface area contributed by atoms with Gasteiger partial charge in [-0.25, -0.2) is 14.7 Å². The number of carbonyl (C=O) groups excluding carboxylic acids is 1. The van der Waals surface area contributed by atoms with Gasteiger partial charge in [-0.05, 0) is 12.1 Å². The van der Waals surface area contributed by atoms with Gasteiger partial charge in [-0.1, -0.05) is 6.58 Å². The van der Waals surface area contributed by atoms with Crippen LogP contribution in [0, 0.1) is 0 Å². The minimum Gasteiger partial charge on any atom is -0.269 e. The maximum Gasteiger partial charge on any atom is 0.281 e. The van der Waals surface area contributed by atoms with Crippen molar-refractivity contribution in [3.63, 3.8) is 0 Å². The SMILES string of the molecule is C=CC(=O)NS(=O)(=O)c1ccncn1. The molecule has 1 rings (SSSR count). The molecule has 0 saturated carbocycles. The summed E-state index contributed by atoms with van der Waals surface area (Å²) in [6, 6.07) is 1.18. The molecule has 0 atom stereocenters. The summed E-state index contributed by atoms with van der Waals surface area (Å²) in [5, 5.41) is -0.261. The van der Waals surface area contributed by atoms with Gasteiger partial charge in [0.1, 0.15) is 6.33 Å². The minimum atomic E-state index is -3.89. The molecule has 1 amide bonds. The monoisotopic (exact) mass is 213 g/mol. The molecule has 0 spiro atoms. The van der Waals surface area contributed by atoms with Gasteiger partial charge in [0.15, 0.2) is 5.03 Å². The number of rotatable bonds is 3. The Morgan fingerprint density at radius 2 is 2.29 bits per heavy atom. The van der Waals surface area contributed by atoms with E-state index in [-0.39, 0.29) is 5.03 Å². The van der Waals surface area contributed by atoms with Crippen molar-refractivity contribution in [3.05, 3.63) is 31.2 Å². The zero-order valence-electron chi connectivity index (χ0n) is 7.04. The van der Waals surface area contributed by atoms with Crippen LogP contribution >= 0.6 is 0 Å². The summed E-state index contributed by atoms with van der Waals surface area (Å²) in [4.78, 5) is 17.8. The van der Waals surface area contributed by atoms with Crippen molar-refractivity contribution in [3.8, 4) is 0 Å². The lowest BCUT2D eigenvalue weighted by Crippen LogP contribution is -2.29. The fourth-order valence-electron chi connectivity index (χ4n) is 0.664. The predicted molar refractivity (Wildman–Crippen MR) is 47.6 cm³/mol. The lowest BCUT2D eigenvalue weighted by atomic mass is 10.6. The van der Waals surface area contributed by atoms with E-state index in [0.717, 1.165) is 12.4 Å². The van der Waals surface area contributed by atoms with Gasteiger partial charge in [0, 0.05) is 6.20 Å². The maximum absolute atomic E-state index is 11.3. The van der Waals surface area contributed by atoms with E-state index in [1.54, 1.807) is 4.72 Å². The molecule has 74 valence electrons. The molecule has 0 radical (unpaired) electrons. The van der Waals surface area contributed by atoms with Crippen molar-refractivity contribution in [1.82, 2.24) is 14.7 Å². The second-order valence-electron chi connectivity index (χ2n) is 2.22. The summed E-state index contributed by atoms with van der Waals surface area (Å²) in [5.74, 6) is -0.802. The van der Waals surface area contributed by atoms with Crippen LogP contribution in [0.5, 0.6) is 0 Å². The van der Waals surface area contributed by atoms with E-state index in [1.807, 2.05) is 0 Å². The van der Waals surface area contributed by atoms with Crippen LogP contribution in [0.3, 0.4) is 0 Å². The first kappa shape index (κ1) is 10.3. The van der Waals surface area contributed by atoms with Crippen LogP contribution < -0.4 is 4.72 Å². The molecule has 7 heteroatoms. The van der Waals surface area contributed by atoms with Crippen molar-refractivity contribution < 1.29 is 13.2 Å². The molecule has 0 saturated heterocycles. The molecule has 1 heterocycles. The normalized spacial score (nSPS) is 10.6. The Balaban J connectivity index is 2.98. The highest BCUT2D eigenvalue weighted by Crippen LogP contribution is 2.01. The summed E-state index contributed by atoms with van der Waals surface area (Å²) in [6.07, 6.45) is 3.20. The maximum atomic E-state index is 11.3. The molecule has 0 aromatic carbocycles. The van der Waals surface area contributed by atoms with Crippen LogP contribution in [-0.4, -0.2) is 24.3 Å². The van der Waals surface area contributed by atoms with Crippen LogP contribution in [0.25, 0.3) is 0 Å². The van der Waals surface area contributed by atoms with Gasteiger partial charge >= 0.3 is 0 Å². The molecule has 1 N–H and O–H groups in total. The third-order valence-electron chi connectivity index (χ3n) is 1.25. The van der Waals surface area contributed by atoms with Gasteiger partial charge in [-0.15, -0.1) is 0 Å². The molecule has 0 unspecified atom stereocenters. The Morgan fingerprint density at radius 3 is 2.79 bits per heavy atom. The van der Waals surface area contributed by atoms with Crippen LogP contribution in [0.2, 0.25) is 0 Å². The second kappa shape index (κ2) is 3.97. The Morgan fingerprint density at radius 1 is 1.57 bits per heavy atom. The Kier molecular flexibility index (Phi) is 2.92. The Labute approximate surface area is 80.7 Å². The van der Waals surface area contributed by atoms with Gasteiger partial charge in [-0.2, -0.15) is 8.42 Å². The number of hydrogen-bond donors (Lipinski definition) is 1. The average molecular weight is 213 g/mol. The molecule has 0 aliphatic heterocycles. The van der Waals surface area contributed by atoms with Crippen LogP contribution in [-0.2, 0) is 14.8 Å². The van der Waals surface area contributed by atoms with Crippen LogP contribution in [0.4, 0.5) is 0 Å². The highest BCUT2D eigenvalue weighted by atomic mass is 32.2. The standard InChI is InChI=1S/C7H7N3O3S/c1-2-6(11)10-14(12,13)7-3-4-8-5-9-7/h2-5H,1H2,(H,10,11). The number of nitrogens with zero attached hydrogens (tertiary/aromatic N) is 2. The first-order valence-corrected chi connectivity index (χ1v) is 5.00. The number of amides is 1. The first-order chi connectivity index (χ1) is 6.56. The lowest BCUT2D eigenvalue weighted by molar-refractivity contribution is -0.114. The smallest absolute Gasteiger partial charge is 0.269 e. The number of sulfonamides is 1. The average Bonchev–Trinajstić information content (AvgIpc) is 2.18. The third kappa shape index (κ3) is 2.36. The van der Waals surface area contributed by atoms with Crippen molar-refractivity contribution in [2.75, 3.05) is 0 Å². The predicted octanol–water partition coefficient (Wildman–Crippen LogP) is -0.532. The molecule has 6 nitrogen and oxygen atoms in total. The van der Waals surface area contributed by atoms with E-state index in [2.05, 4.69) is 16.5 Å². The largest absolute Gasteiger partial charge is 0.281 e. The van der Waals surface area contributed by atoms with Crippen LogP contribution in [0.1, 0.15) is 0 Å². The molecule has 0 bridgehead atoms. The third-order valence-corrected chi connectivity index (χ3v) is 2.51. The van der Waals surface area contributed by atoms with Crippen LogP contribution in [0.15, 0.2) is 36.3 Å². The van der Waals surface area contributed by atoms with Gasteiger partial charge in [0.2, 0.25) is 0 Å². The fourth-order valence-corrected chi connectivity index (χ4v) is 1.54. The highest BCUT2D eigenvalue weighted by molar-refractivity contribution is 7.90. The molecular weight excluding hydrogens is 206 g/mol. The summed E-state index contributed by atoms with van der Waals surface area (Å²) >= 11 is 0. The molecule has 0 fully saturated rings. The molecule has 0 aliphatic rings. The number of carbonyl (C=O) groups is 1. The minimum absolute atomic E-state index is 0.261. The zero-order chi connectivity index (χ0) is 10.6. The molecule has 14 heavy (non-hydrogen) atoms. The topological polar surface area (TPSA) is 89.0 Å². The van der Waals surface area contributed by atoms with E-state index in [9.17, 15) is 13.2 Å². The fraction of sp³-hybridized carbons (Fsp3) is 0. The van der Waals surface area contributed by atoms with Crippen molar-refractivity contribution in [2.24, 2.45) is 0 Å². The lowest BCUT2D eigenvalue weighted by Gasteiger charge is -2.01. The summed E-state index contributed by atoms with van der Waals surface area (Å²) in [5.41, 5.74) is 0. The number of hydrogen-bond acceptors (Lipinski definition) is 5. The molecule has 1 aromatic heterocycles. The Bertz CT molecular complexity index is 441. The van der Waals surface area contributed by atoms with E-state index >= 15 is 0 Å². The second-order valence-corrected chi connectivity index (χ2v) is 3.85. The van der Waals surface area contributed by atoms with E-state index in [0.29, 0.717) is 0 Å². The quantitative estimate of drug-likeness (QED) is 0.538. The summed E-state index contributed by atoms with van der Waals surface area (Å²) in [6.45, 7) is 3.13. The van der Waals surface area contributed by atoms with Gasteiger partial charge in [0.25, 0.3) is 15.9 Å². The van der Waals surface area contributed by atoms with Crippen molar-refractivity contribution in [2.45, 2.75) is 5.03 Å². The van der Waals surface area contributed by atoms with Crippen molar-refractivity contribution in [1.29, 1.82) is 0 Å². The van der Waals surface area contributed by atoms with Gasteiger partial charge in [0.05, 0.1) is 0 Å². The highest BCUT2D eigenvalue weighted by Gasteiger charge is 2.16. The number of aromatic nitrogens is 2. The summed E-state index contributed by atoms with van der Waals surface area (Å²) < 4.78 is 24.4. The van der Waals surface area contributed by atoms with E-state index in [1.165, 1.54) is 12.3 Å². The van der Waals surface area contributed by atoms with E-state index < -0.39 is 15.9 Å². The molecule has 0 aliphatic carbocycles. The first-order valence-electron chi connectivity index (χ1n) is 3.51. The molecular formula is C7H7N3O3S. The summed E-state index contributed by atoms with van der Waals surface area (Å²) in [7, 11) is -3.89. The molecule has 1 aromatic rings. The van der Waals surface area contributed by atoms with Crippen molar-refractivity contribution >= 4 is 15.9 Å². The number of nitrogens with one attached hydrogen (secondary N) is 1. The van der Waals surface area contributed by atoms with Gasteiger partial charge < -0.3 is 0 Å². The Hall–Kier alpha value is -1.76. The zero-order valence-corrected chi connectivity index (χ0v) is 7.86.